The van der Waals surface area contributed by atoms with Crippen molar-refractivity contribution in [1.82, 2.24) is 9.88 Å². The van der Waals surface area contributed by atoms with Crippen molar-refractivity contribution in [2.24, 2.45) is 0 Å². The number of aromatic nitrogens is 1. The van der Waals surface area contributed by atoms with Crippen LogP contribution in [0.4, 0.5) is 0 Å². The van der Waals surface area contributed by atoms with Gasteiger partial charge in [-0.3, -0.25) is 9.78 Å². The van der Waals surface area contributed by atoms with Crippen molar-refractivity contribution in [2.45, 2.75) is 25.4 Å². The lowest BCUT2D eigenvalue weighted by Crippen LogP contribution is -2.42. The highest BCUT2D eigenvalue weighted by Gasteiger charge is 2.21. The zero-order valence-electron chi connectivity index (χ0n) is 9.17. The van der Waals surface area contributed by atoms with Crippen LogP contribution in [0.1, 0.15) is 18.5 Å². The van der Waals surface area contributed by atoms with Gasteiger partial charge >= 0.3 is 0 Å². The lowest BCUT2D eigenvalue weighted by molar-refractivity contribution is -0.133. The third-order valence-corrected chi connectivity index (χ3v) is 2.81. The average Bonchev–Trinajstić information content (AvgIpc) is 2.30. The molecular weight excluding hydrogens is 204 g/mol. The molecule has 1 N–H and O–H groups in total. The van der Waals surface area contributed by atoms with E-state index >= 15 is 0 Å². The minimum atomic E-state index is -0.360. The molecule has 0 bridgehead atoms. The van der Waals surface area contributed by atoms with Crippen LogP contribution < -0.4 is 0 Å². The normalized spacial score (nSPS) is 20.8. The van der Waals surface area contributed by atoms with E-state index in [4.69, 9.17) is 0 Å². The highest BCUT2D eigenvalue weighted by Crippen LogP contribution is 2.11. The Morgan fingerprint density at radius 3 is 3.12 bits per heavy atom. The van der Waals surface area contributed by atoms with Crippen LogP contribution in [0.25, 0.3) is 0 Å². The maximum atomic E-state index is 11.9. The van der Waals surface area contributed by atoms with Gasteiger partial charge in [-0.05, 0) is 25.0 Å². The Morgan fingerprint density at radius 1 is 1.56 bits per heavy atom. The fourth-order valence-corrected chi connectivity index (χ4v) is 1.95. The van der Waals surface area contributed by atoms with Crippen molar-refractivity contribution in [3.63, 3.8) is 0 Å². The molecular formula is C12H16N2O2. The van der Waals surface area contributed by atoms with Crippen LogP contribution in [-0.2, 0) is 11.2 Å². The number of piperidine rings is 1. The standard InChI is InChI=1S/C12H16N2O2/c15-11-5-3-7-14(9-11)12(16)8-10-4-1-2-6-13-10/h1-2,4,6,11,15H,3,5,7-9H2/t11-/m0/s1. The quantitative estimate of drug-likeness (QED) is 0.794. The summed E-state index contributed by atoms with van der Waals surface area (Å²) in [6.07, 6.45) is 3.34. The Labute approximate surface area is 94.9 Å². The molecule has 2 rings (SSSR count). The van der Waals surface area contributed by atoms with Gasteiger partial charge in [0, 0.05) is 25.0 Å². The van der Waals surface area contributed by atoms with E-state index in [1.807, 2.05) is 18.2 Å². The first-order valence-corrected chi connectivity index (χ1v) is 5.61. The molecule has 2 heterocycles. The van der Waals surface area contributed by atoms with E-state index in [0.29, 0.717) is 13.0 Å². The van der Waals surface area contributed by atoms with E-state index in [-0.39, 0.29) is 12.0 Å². The number of likely N-dealkylation sites (tertiary alicyclic amines) is 1. The smallest absolute Gasteiger partial charge is 0.228 e. The number of aliphatic hydroxyl groups excluding tert-OH is 1. The number of nitrogens with zero attached hydrogens (tertiary/aromatic N) is 2. The van der Waals surface area contributed by atoms with Gasteiger partial charge in [-0.15, -0.1) is 0 Å². The molecule has 1 aromatic heterocycles. The summed E-state index contributed by atoms with van der Waals surface area (Å²) in [6, 6.07) is 5.55. The third kappa shape index (κ3) is 2.79. The summed E-state index contributed by atoms with van der Waals surface area (Å²) in [4.78, 5) is 17.7. The molecule has 1 aromatic rings. The van der Waals surface area contributed by atoms with Crippen molar-refractivity contribution in [1.29, 1.82) is 0 Å². The number of hydrogen-bond donors (Lipinski definition) is 1. The minimum Gasteiger partial charge on any atom is -0.391 e. The molecule has 1 aliphatic heterocycles. The Morgan fingerprint density at radius 2 is 2.44 bits per heavy atom. The van der Waals surface area contributed by atoms with E-state index < -0.39 is 0 Å². The van der Waals surface area contributed by atoms with Crippen LogP contribution in [0.3, 0.4) is 0 Å². The van der Waals surface area contributed by atoms with Crippen LogP contribution >= 0.6 is 0 Å². The van der Waals surface area contributed by atoms with Crippen LogP contribution in [0.15, 0.2) is 24.4 Å². The Balaban J connectivity index is 1.93. The van der Waals surface area contributed by atoms with Gasteiger partial charge in [-0.2, -0.15) is 0 Å². The summed E-state index contributed by atoms with van der Waals surface area (Å²) in [6.45, 7) is 1.22. The number of pyridine rings is 1. The van der Waals surface area contributed by atoms with E-state index in [1.54, 1.807) is 11.1 Å². The molecule has 4 heteroatoms. The van der Waals surface area contributed by atoms with Gasteiger partial charge in [0.2, 0.25) is 5.91 Å². The predicted molar refractivity (Wildman–Crippen MR) is 59.8 cm³/mol. The number of hydrogen-bond acceptors (Lipinski definition) is 3. The zero-order chi connectivity index (χ0) is 11.4. The molecule has 16 heavy (non-hydrogen) atoms. The monoisotopic (exact) mass is 220 g/mol. The van der Waals surface area contributed by atoms with E-state index in [2.05, 4.69) is 4.98 Å². The summed E-state index contributed by atoms with van der Waals surface area (Å²) >= 11 is 0. The summed E-state index contributed by atoms with van der Waals surface area (Å²) in [5.74, 6) is 0.0532. The summed E-state index contributed by atoms with van der Waals surface area (Å²) in [5.41, 5.74) is 0.785. The Bertz CT molecular complexity index is 353. The maximum Gasteiger partial charge on any atom is 0.228 e. The van der Waals surface area contributed by atoms with Gasteiger partial charge in [0.15, 0.2) is 0 Å². The molecule has 1 atom stereocenters. The second-order valence-electron chi connectivity index (χ2n) is 4.13. The second kappa shape index (κ2) is 5.07. The lowest BCUT2D eigenvalue weighted by atomic mass is 10.1. The number of aliphatic hydroxyl groups is 1. The number of carbonyl (C=O) groups is 1. The molecule has 0 saturated carbocycles. The maximum absolute atomic E-state index is 11.9. The van der Waals surface area contributed by atoms with E-state index in [0.717, 1.165) is 25.1 Å². The molecule has 0 aromatic carbocycles. The second-order valence-corrected chi connectivity index (χ2v) is 4.13. The van der Waals surface area contributed by atoms with E-state index in [9.17, 15) is 9.90 Å². The summed E-state index contributed by atoms with van der Waals surface area (Å²) in [7, 11) is 0. The van der Waals surface area contributed by atoms with Crippen molar-refractivity contribution >= 4 is 5.91 Å². The zero-order valence-corrected chi connectivity index (χ0v) is 9.17. The molecule has 1 aliphatic rings. The van der Waals surface area contributed by atoms with Crippen LogP contribution in [-0.4, -0.2) is 40.1 Å². The van der Waals surface area contributed by atoms with Gasteiger partial charge in [0.25, 0.3) is 0 Å². The van der Waals surface area contributed by atoms with Gasteiger partial charge in [-0.25, -0.2) is 0 Å². The van der Waals surface area contributed by atoms with Crippen LogP contribution in [0.5, 0.6) is 0 Å². The molecule has 4 nitrogen and oxygen atoms in total. The molecule has 0 radical (unpaired) electrons. The predicted octanol–water partition coefficient (Wildman–Crippen LogP) is 0.607. The number of amides is 1. The topological polar surface area (TPSA) is 53.4 Å². The van der Waals surface area contributed by atoms with Crippen LogP contribution in [0, 0.1) is 0 Å². The minimum absolute atomic E-state index is 0.0532. The first kappa shape index (κ1) is 11.1. The number of carbonyl (C=O) groups excluding carboxylic acids is 1. The molecule has 86 valence electrons. The van der Waals surface area contributed by atoms with E-state index in [1.165, 1.54) is 0 Å². The molecule has 0 spiro atoms. The highest BCUT2D eigenvalue weighted by atomic mass is 16.3. The fourth-order valence-electron chi connectivity index (χ4n) is 1.95. The van der Waals surface area contributed by atoms with Gasteiger partial charge in [0.05, 0.1) is 12.5 Å². The SMILES string of the molecule is O=C(Cc1ccccn1)N1CCC[C@H](O)C1. The highest BCUT2D eigenvalue weighted by molar-refractivity contribution is 5.78. The van der Waals surface area contributed by atoms with Crippen molar-refractivity contribution in [2.75, 3.05) is 13.1 Å². The summed E-state index contributed by atoms with van der Waals surface area (Å²) < 4.78 is 0. The molecule has 1 amide bonds. The van der Waals surface area contributed by atoms with Gasteiger partial charge < -0.3 is 10.0 Å². The number of β-amino-alcohol motifs (C(OH)–C–C–N with tert-alkyl or cyclic N) is 1. The van der Waals surface area contributed by atoms with Crippen LogP contribution in [0.2, 0.25) is 0 Å². The fraction of sp³-hybridized carbons (Fsp3) is 0.500. The largest absolute Gasteiger partial charge is 0.391 e. The number of rotatable bonds is 2. The van der Waals surface area contributed by atoms with Gasteiger partial charge in [-0.1, -0.05) is 6.07 Å². The lowest BCUT2D eigenvalue weighted by Gasteiger charge is -2.30. The van der Waals surface area contributed by atoms with Crippen molar-refractivity contribution in [3.05, 3.63) is 30.1 Å². The molecule has 1 saturated heterocycles. The first-order valence-electron chi connectivity index (χ1n) is 5.61. The molecule has 0 unspecified atom stereocenters. The third-order valence-electron chi connectivity index (χ3n) is 2.81. The Kier molecular flexibility index (Phi) is 3.51. The Hall–Kier alpha value is -1.42. The summed E-state index contributed by atoms with van der Waals surface area (Å²) in [5, 5.41) is 9.49. The van der Waals surface area contributed by atoms with Gasteiger partial charge in [0.1, 0.15) is 0 Å². The van der Waals surface area contributed by atoms with Crippen molar-refractivity contribution < 1.29 is 9.90 Å². The first-order chi connectivity index (χ1) is 7.75. The van der Waals surface area contributed by atoms with Crippen molar-refractivity contribution in [3.8, 4) is 0 Å². The molecule has 0 aliphatic carbocycles. The average molecular weight is 220 g/mol. The molecule has 1 fully saturated rings.